The van der Waals surface area contributed by atoms with Gasteiger partial charge in [0.2, 0.25) is 5.71 Å². The third-order valence-electron chi connectivity index (χ3n) is 10.2. The number of rotatable bonds is 6. The van der Waals surface area contributed by atoms with Crippen molar-refractivity contribution in [3.63, 3.8) is 0 Å². The normalized spacial score (nSPS) is 13.5. The first-order valence-corrected chi connectivity index (χ1v) is 17.2. The molecule has 0 spiro atoms. The van der Waals surface area contributed by atoms with E-state index in [-0.39, 0.29) is 16.9 Å². The first-order valence-electron chi connectivity index (χ1n) is 17.2. The highest BCUT2D eigenvalue weighted by atomic mass is 16.3. The number of benzene rings is 5. The minimum atomic E-state index is -0.251. The second kappa shape index (κ2) is 12.6. The zero-order chi connectivity index (χ0) is 35.3. The van der Waals surface area contributed by atoms with E-state index >= 15 is 5.11 Å². The standard InChI is InChI=1S/C43H38N6O/c1-5-48(6-2)41-28-17-11-9-15-26(28)35(27-16-10-12-18-29(27)41)39-34(25(23-44)24-45)40(43(39)50)38-36-30(19-13-21-32(36)46)42(49(7-3)8-4)31-20-14-22-33(47)37(31)38/h9-22H,5-8,46-47H2,1-4H3. The van der Waals surface area contributed by atoms with Gasteiger partial charge in [0, 0.05) is 57.1 Å². The zero-order valence-electron chi connectivity index (χ0n) is 28.8. The van der Waals surface area contributed by atoms with Crippen molar-refractivity contribution in [2.75, 3.05) is 42.5 Å². The lowest BCUT2D eigenvalue weighted by Gasteiger charge is -2.40. The van der Waals surface area contributed by atoms with E-state index in [1.54, 1.807) is 0 Å². The summed E-state index contributed by atoms with van der Waals surface area (Å²) in [5.74, 6) is -0.251. The Bertz CT molecular complexity index is 2340. The maximum atomic E-state index is 15.1. The fourth-order valence-corrected chi connectivity index (χ4v) is 8.03. The molecule has 0 saturated heterocycles. The van der Waals surface area contributed by atoms with E-state index in [2.05, 4.69) is 61.4 Å². The minimum absolute atomic E-state index is 0.131. The summed E-state index contributed by atoms with van der Waals surface area (Å²) in [5, 5.41) is 39.2. The molecule has 7 heteroatoms. The lowest BCUT2D eigenvalue weighted by atomic mass is 9.68. The molecule has 0 bridgehead atoms. The number of allylic oxidation sites excluding steroid dienone is 3. The van der Waals surface area contributed by atoms with Crippen LogP contribution in [0.25, 0.3) is 32.7 Å². The highest BCUT2D eigenvalue weighted by molar-refractivity contribution is 6.28. The van der Waals surface area contributed by atoms with Crippen molar-refractivity contribution in [1.82, 2.24) is 0 Å². The van der Waals surface area contributed by atoms with Crippen LogP contribution in [-0.4, -0.2) is 36.5 Å². The third-order valence-corrected chi connectivity index (χ3v) is 10.2. The average Bonchev–Trinajstić information content (AvgIpc) is 3.14. The first-order chi connectivity index (χ1) is 24.4. The van der Waals surface area contributed by atoms with Gasteiger partial charge in [-0.15, -0.1) is 0 Å². The summed E-state index contributed by atoms with van der Waals surface area (Å²) in [6.45, 7) is 11.6. The molecule has 0 aliphatic heterocycles. The maximum absolute atomic E-state index is 15.1. The van der Waals surface area contributed by atoms with Crippen LogP contribution in [0.5, 0.6) is 0 Å². The van der Waals surface area contributed by atoms with Crippen LogP contribution in [0.3, 0.4) is 0 Å². The van der Waals surface area contributed by atoms with Crippen molar-refractivity contribution in [3.8, 4) is 12.1 Å². The molecule has 5 aromatic carbocycles. The smallest absolute Gasteiger partial charge is 0.215 e. The predicted molar refractivity (Wildman–Crippen MR) is 202 cm³/mol. The van der Waals surface area contributed by atoms with E-state index in [1.165, 1.54) is 0 Å². The summed E-state index contributed by atoms with van der Waals surface area (Å²) in [7, 11) is 0. The van der Waals surface area contributed by atoms with Gasteiger partial charge in [-0.25, -0.2) is 4.58 Å². The van der Waals surface area contributed by atoms with Gasteiger partial charge in [0.1, 0.15) is 30.8 Å². The third kappa shape index (κ3) is 4.51. The Morgan fingerprint density at radius 3 is 1.58 bits per heavy atom. The SMILES string of the molecule is CCN(CC)c1c2cccc(N)c2c(C2=C([O-])C(=C3c4ccccc4C(=[N+](CC)CC)c4ccccc43)C2=C(C#N)C#N)c2c(N)cccc12. The van der Waals surface area contributed by atoms with Crippen LogP contribution in [0, 0.1) is 22.7 Å². The summed E-state index contributed by atoms with van der Waals surface area (Å²) < 4.78 is 2.33. The molecule has 0 aromatic heterocycles. The Morgan fingerprint density at radius 2 is 1.14 bits per heavy atom. The second-order valence-electron chi connectivity index (χ2n) is 12.5. The van der Waals surface area contributed by atoms with Gasteiger partial charge in [0.05, 0.1) is 16.8 Å². The van der Waals surface area contributed by atoms with Crippen molar-refractivity contribution in [3.05, 3.63) is 135 Å². The van der Waals surface area contributed by atoms with Gasteiger partial charge in [-0.3, -0.25) is 0 Å². The summed E-state index contributed by atoms with van der Waals surface area (Å²) in [6.07, 6.45) is 0. The molecule has 0 atom stereocenters. The van der Waals surface area contributed by atoms with E-state index < -0.39 is 0 Å². The first kappa shape index (κ1) is 32.2. The fraction of sp³-hybridized carbons (Fsp3) is 0.186. The number of nitrogens with zero attached hydrogens (tertiary/aromatic N) is 4. The van der Waals surface area contributed by atoms with E-state index in [4.69, 9.17) is 11.5 Å². The molecule has 5 aromatic rings. The van der Waals surface area contributed by atoms with Crippen molar-refractivity contribution in [2.24, 2.45) is 0 Å². The van der Waals surface area contributed by atoms with E-state index in [0.717, 1.165) is 70.6 Å². The van der Waals surface area contributed by atoms with Crippen LogP contribution in [0.4, 0.5) is 17.1 Å². The Morgan fingerprint density at radius 1 is 0.660 bits per heavy atom. The summed E-state index contributed by atoms with van der Waals surface area (Å²) in [6, 6.07) is 32.0. The van der Waals surface area contributed by atoms with Crippen LogP contribution in [0.2, 0.25) is 0 Å². The number of hydrogen-bond donors (Lipinski definition) is 2. The largest absolute Gasteiger partial charge is 0.872 e. The molecule has 7 nitrogen and oxygen atoms in total. The topological polar surface area (TPSA) is 129 Å². The molecule has 0 saturated carbocycles. The van der Waals surface area contributed by atoms with Gasteiger partial charge in [-0.05, 0) is 79.8 Å². The van der Waals surface area contributed by atoms with Crippen molar-refractivity contribution in [1.29, 1.82) is 10.5 Å². The van der Waals surface area contributed by atoms with Gasteiger partial charge < -0.3 is 21.5 Å². The molecular formula is C43H38N6O. The monoisotopic (exact) mass is 654 g/mol. The molecule has 0 fully saturated rings. The average molecular weight is 655 g/mol. The minimum Gasteiger partial charge on any atom is -0.872 e. The lowest BCUT2D eigenvalue weighted by Crippen LogP contribution is -2.30. The molecule has 7 rings (SSSR count). The molecule has 0 unspecified atom stereocenters. The van der Waals surface area contributed by atoms with Crippen molar-refractivity contribution >= 4 is 55.5 Å². The van der Waals surface area contributed by atoms with Crippen LogP contribution in [0.15, 0.2) is 107 Å². The van der Waals surface area contributed by atoms with Crippen LogP contribution >= 0.6 is 0 Å². The molecular weight excluding hydrogens is 617 g/mol. The summed E-state index contributed by atoms with van der Waals surface area (Å²) in [4.78, 5) is 2.26. The summed E-state index contributed by atoms with van der Waals surface area (Å²) >= 11 is 0. The van der Waals surface area contributed by atoms with E-state index in [9.17, 15) is 10.5 Å². The van der Waals surface area contributed by atoms with Crippen molar-refractivity contribution in [2.45, 2.75) is 27.7 Å². The quantitative estimate of drug-likeness (QED) is 0.0851. The number of fused-ring (bicyclic) bond motifs is 4. The number of hydrogen-bond acceptors (Lipinski definition) is 6. The predicted octanol–water partition coefficient (Wildman–Crippen LogP) is 7.14. The Balaban J connectivity index is 1.70. The number of nitrogen functional groups attached to an aromatic ring is 2. The molecule has 0 amide bonds. The second-order valence-corrected chi connectivity index (χ2v) is 12.5. The number of nitriles is 2. The highest BCUT2D eigenvalue weighted by Crippen LogP contribution is 2.56. The Hall–Kier alpha value is -6.31. The van der Waals surface area contributed by atoms with Gasteiger partial charge in [0.25, 0.3) is 0 Å². The molecule has 0 radical (unpaired) electrons. The lowest BCUT2D eigenvalue weighted by molar-refractivity contribution is -0.519. The Kier molecular flexibility index (Phi) is 8.14. The maximum Gasteiger partial charge on any atom is 0.215 e. The van der Waals surface area contributed by atoms with Crippen LogP contribution < -0.4 is 21.5 Å². The van der Waals surface area contributed by atoms with Crippen LogP contribution in [-0.2, 0) is 0 Å². The number of anilines is 3. The fourth-order valence-electron chi connectivity index (χ4n) is 8.03. The molecule has 50 heavy (non-hydrogen) atoms. The van der Waals surface area contributed by atoms with Gasteiger partial charge in [0.15, 0.2) is 0 Å². The Labute approximate surface area is 292 Å². The zero-order valence-corrected chi connectivity index (χ0v) is 28.8. The van der Waals surface area contributed by atoms with Gasteiger partial charge in [-0.1, -0.05) is 66.4 Å². The number of nitrogens with two attached hydrogens (primary N) is 2. The van der Waals surface area contributed by atoms with Crippen LogP contribution in [0.1, 0.15) is 55.5 Å². The molecule has 246 valence electrons. The molecule has 2 aliphatic carbocycles. The van der Waals surface area contributed by atoms with Gasteiger partial charge in [-0.2, -0.15) is 10.5 Å². The molecule has 2 aliphatic rings. The molecule has 4 N–H and O–H groups in total. The highest BCUT2D eigenvalue weighted by Gasteiger charge is 2.39. The summed E-state index contributed by atoms with van der Waals surface area (Å²) in [5.41, 5.74) is 22.6. The van der Waals surface area contributed by atoms with Crippen molar-refractivity contribution < 1.29 is 9.68 Å². The van der Waals surface area contributed by atoms with E-state index in [1.807, 2.05) is 72.8 Å². The molecule has 0 heterocycles. The van der Waals surface area contributed by atoms with E-state index in [0.29, 0.717) is 44.4 Å². The van der Waals surface area contributed by atoms with Gasteiger partial charge >= 0.3 is 0 Å².